The number of ether oxygens (including phenoxy) is 1. The molecule has 1 saturated heterocycles. The highest BCUT2D eigenvalue weighted by atomic mass is 35.5. The molecule has 0 unspecified atom stereocenters. The topological polar surface area (TPSA) is 42.4 Å². The average Bonchev–Trinajstić information content (AvgIpc) is 3.01. The van der Waals surface area contributed by atoms with Crippen LogP contribution in [-0.2, 0) is 4.74 Å². The second kappa shape index (κ2) is 6.13. The Morgan fingerprint density at radius 3 is 3.10 bits per heavy atom. The third-order valence-electron chi connectivity index (χ3n) is 3.57. The van der Waals surface area contributed by atoms with E-state index in [1.54, 1.807) is 10.9 Å². The van der Waals surface area contributed by atoms with Gasteiger partial charge in [-0.05, 0) is 24.6 Å². The van der Waals surface area contributed by atoms with Crippen LogP contribution < -0.4 is 0 Å². The Balaban J connectivity index is 1.80. The second-order valence-electron chi connectivity index (χ2n) is 5.06. The van der Waals surface area contributed by atoms with Gasteiger partial charge in [0, 0.05) is 10.4 Å². The zero-order valence-corrected chi connectivity index (χ0v) is 13.1. The Kier molecular flexibility index (Phi) is 4.24. The molecule has 2 atom stereocenters. The quantitative estimate of drug-likeness (QED) is 0.851. The summed E-state index contributed by atoms with van der Waals surface area (Å²) < 4.78 is 5.86. The zero-order valence-electron chi connectivity index (χ0n) is 11.5. The highest BCUT2D eigenvalue weighted by Crippen LogP contribution is 2.27. The first-order valence-electron chi connectivity index (χ1n) is 6.71. The first-order chi connectivity index (χ1) is 10.1. The summed E-state index contributed by atoms with van der Waals surface area (Å²) in [7, 11) is 0. The maximum atomic E-state index is 12.5. The Bertz CT molecular complexity index is 632. The normalized spacial score (nSPS) is 22.3. The molecule has 0 bridgehead atoms. The number of halogens is 1. The van der Waals surface area contributed by atoms with E-state index in [1.807, 2.05) is 36.1 Å². The van der Waals surface area contributed by atoms with Crippen LogP contribution in [0.25, 0.3) is 0 Å². The molecule has 1 amide bonds. The van der Waals surface area contributed by atoms with Crippen LogP contribution in [0.1, 0.15) is 29.1 Å². The summed E-state index contributed by atoms with van der Waals surface area (Å²) in [6.07, 6.45) is -0.150. The Morgan fingerprint density at radius 2 is 2.38 bits per heavy atom. The predicted molar refractivity (Wildman–Crippen MR) is 82.8 cm³/mol. The number of nitrogens with zero attached hydrogens (tertiary/aromatic N) is 2. The van der Waals surface area contributed by atoms with Gasteiger partial charge in [-0.25, -0.2) is 4.98 Å². The van der Waals surface area contributed by atoms with E-state index in [1.165, 1.54) is 11.3 Å². The van der Waals surface area contributed by atoms with Crippen molar-refractivity contribution < 1.29 is 9.53 Å². The van der Waals surface area contributed by atoms with Gasteiger partial charge >= 0.3 is 0 Å². The largest absolute Gasteiger partial charge is 0.370 e. The summed E-state index contributed by atoms with van der Waals surface area (Å²) >= 11 is 7.45. The van der Waals surface area contributed by atoms with Crippen molar-refractivity contribution in [1.29, 1.82) is 0 Å². The number of carbonyl (C=O) groups excluding carboxylic acids is 1. The van der Waals surface area contributed by atoms with Gasteiger partial charge in [0.25, 0.3) is 5.91 Å². The number of thiazole rings is 1. The van der Waals surface area contributed by atoms with E-state index in [-0.39, 0.29) is 18.1 Å². The van der Waals surface area contributed by atoms with Gasteiger partial charge in [0.15, 0.2) is 0 Å². The number of rotatable bonds is 2. The minimum Gasteiger partial charge on any atom is -0.370 e. The van der Waals surface area contributed by atoms with Gasteiger partial charge in [0.2, 0.25) is 0 Å². The molecule has 1 fully saturated rings. The fraction of sp³-hybridized carbons (Fsp3) is 0.333. The lowest BCUT2D eigenvalue weighted by Crippen LogP contribution is -2.48. The van der Waals surface area contributed by atoms with Crippen molar-refractivity contribution in [2.24, 2.45) is 0 Å². The van der Waals surface area contributed by atoms with Crippen molar-refractivity contribution >= 4 is 28.8 Å². The maximum absolute atomic E-state index is 12.5. The molecule has 2 heterocycles. The third-order valence-corrected chi connectivity index (χ3v) is 4.39. The average molecular weight is 323 g/mol. The molecule has 21 heavy (non-hydrogen) atoms. The second-order valence-corrected chi connectivity index (χ2v) is 6.21. The highest BCUT2D eigenvalue weighted by molar-refractivity contribution is 7.07. The van der Waals surface area contributed by atoms with Crippen molar-refractivity contribution in [3.8, 4) is 0 Å². The molecule has 4 nitrogen and oxygen atoms in total. The van der Waals surface area contributed by atoms with Crippen molar-refractivity contribution in [3.05, 3.63) is 51.4 Å². The van der Waals surface area contributed by atoms with Gasteiger partial charge in [0.05, 0.1) is 24.7 Å². The van der Waals surface area contributed by atoms with E-state index in [9.17, 15) is 4.79 Å². The summed E-state index contributed by atoms with van der Waals surface area (Å²) in [5.74, 6) is -0.0425. The maximum Gasteiger partial charge on any atom is 0.273 e. The lowest BCUT2D eigenvalue weighted by atomic mass is 10.1. The standard InChI is InChI=1S/C15H15ClN2O2S/c1-10-7-20-14(11-3-2-4-12(16)5-11)6-18(10)15(19)13-8-21-9-17-13/h2-5,8-10,14H,6-7H2,1H3/t10-,14-/m1/s1. The van der Waals surface area contributed by atoms with E-state index in [4.69, 9.17) is 16.3 Å². The van der Waals surface area contributed by atoms with Crippen LogP contribution in [0.5, 0.6) is 0 Å². The predicted octanol–water partition coefficient (Wildman–Crippen LogP) is 3.40. The Morgan fingerprint density at radius 1 is 1.52 bits per heavy atom. The van der Waals surface area contributed by atoms with Crippen LogP contribution in [-0.4, -0.2) is 35.0 Å². The fourth-order valence-corrected chi connectivity index (χ4v) is 3.14. The highest BCUT2D eigenvalue weighted by Gasteiger charge is 2.31. The molecule has 1 aromatic carbocycles. The molecule has 0 radical (unpaired) electrons. The minimum absolute atomic E-state index is 0.0367. The SMILES string of the molecule is C[C@@H]1CO[C@@H](c2cccc(Cl)c2)CN1C(=O)c1cscn1. The summed E-state index contributed by atoms with van der Waals surface area (Å²) in [6, 6.07) is 7.61. The summed E-state index contributed by atoms with van der Waals surface area (Å²) in [5.41, 5.74) is 3.16. The molecule has 0 spiro atoms. The lowest BCUT2D eigenvalue weighted by Gasteiger charge is -2.38. The third kappa shape index (κ3) is 3.10. The van der Waals surface area contributed by atoms with E-state index >= 15 is 0 Å². The number of aromatic nitrogens is 1. The van der Waals surface area contributed by atoms with Crippen LogP contribution in [0.15, 0.2) is 35.2 Å². The Labute approximate surface area is 132 Å². The van der Waals surface area contributed by atoms with Crippen molar-refractivity contribution in [2.45, 2.75) is 19.1 Å². The first kappa shape index (κ1) is 14.5. The molecule has 6 heteroatoms. The van der Waals surface area contributed by atoms with Crippen molar-refractivity contribution in [1.82, 2.24) is 9.88 Å². The number of hydrogen-bond acceptors (Lipinski definition) is 4. The monoisotopic (exact) mass is 322 g/mol. The van der Waals surface area contributed by atoms with Gasteiger partial charge in [-0.1, -0.05) is 23.7 Å². The van der Waals surface area contributed by atoms with Crippen molar-refractivity contribution in [2.75, 3.05) is 13.2 Å². The van der Waals surface area contributed by atoms with E-state index in [0.717, 1.165) is 5.56 Å². The molecular formula is C15H15ClN2O2S. The van der Waals surface area contributed by atoms with Crippen LogP contribution in [0.3, 0.4) is 0 Å². The van der Waals surface area contributed by atoms with E-state index in [2.05, 4.69) is 4.98 Å². The summed E-state index contributed by atoms with van der Waals surface area (Å²) in [4.78, 5) is 18.4. The van der Waals surface area contributed by atoms with Gasteiger partial charge < -0.3 is 9.64 Å². The number of amides is 1. The van der Waals surface area contributed by atoms with Gasteiger partial charge in [-0.15, -0.1) is 11.3 Å². The molecule has 1 aromatic heterocycles. The molecule has 110 valence electrons. The number of benzene rings is 1. The fourth-order valence-electron chi connectivity index (χ4n) is 2.41. The van der Waals surface area contributed by atoms with Gasteiger partial charge in [-0.3, -0.25) is 4.79 Å². The van der Waals surface area contributed by atoms with Crippen LogP contribution in [0.2, 0.25) is 5.02 Å². The molecule has 0 aliphatic carbocycles. The summed E-state index contributed by atoms with van der Waals surface area (Å²) in [5, 5.41) is 2.45. The minimum atomic E-state index is -0.150. The lowest BCUT2D eigenvalue weighted by molar-refractivity contribution is -0.0488. The van der Waals surface area contributed by atoms with Crippen LogP contribution >= 0.6 is 22.9 Å². The van der Waals surface area contributed by atoms with Gasteiger partial charge in [0.1, 0.15) is 11.8 Å². The Hall–Kier alpha value is -1.43. The van der Waals surface area contributed by atoms with E-state index < -0.39 is 0 Å². The molecule has 2 aromatic rings. The zero-order chi connectivity index (χ0) is 14.8. The molecule has 1 aliphatic rings. The number of morpholine rings is 1. The molecule has 0 N–H and O–H groups in total. The smallest absolute Gasteiger partial charge is 0.273 e. The molecule has 0 saturated carbocycles. The van der Waals surface area contributed by atoms with Crippen molar-refractivity contribution in [3.63, 3.8) is 0 Å². The van der Waals surface area contributed by atoms with Crippen LogP contribution in [0.4, 0.5) is 0 Å². The number of carbonyl (C=O) groups is 1. The molecule has 1 aliphatic heterocycles. The molecular weight excluding hydrogens is 308 g/mol. The summed E-state index contributed by atoms with van der Waals surface area (Å²) in [6.45, 7) is 3.00. The van der Waals surface area contributed by atoms with Gasteiger partial charge in [-0.2, -0.15) is 0 Å². The number of hydrogen-bond donors (Lipinski definition) is 0. The van der Waals surface area contributed by atoms with Crippen LogP contribution in [0, 0.1) is 0 Å². The molecule has 3 rings (SSSR count). The van der Waals surface area contributed by atoms with E-state index in [0.29, 0.717) is 23.9 Å². The first-order valence-corrected chi connectivity index (χ1v) is 8.03.